The number of hydrogen-bond acceptors (Lipinski definition) is 1. The summed E-state index contributed by atoms with van der Waals surface area (Å²) in [4.78, 5) is 0. The van der Waals surface area contributed by atoms with Crippen molar-refractivity contribution < 1.29 is 3.83 Å². The van der Waals surface area contributed by atoms with Gasteiger partial charge in [-0.05, 0) is 32.1 Å². The van der Waals surface area contributed by atoms with Crippen LogP contribution in [0.15, 0.2) is 12.2 Å². The number of allylic oxidation sites excluding steroid dienone is 2. The zero-order chi connectivity index (χ0) is 14.7. The predicted molar refractivity (Wildman–Crippen MR) is 94.3 cm³/mol. The Morgan fingerprint density at radius 3 is 1.60 bits per heavy atom. The van der Waals surface area contributed by atoms with Gasteiger partial charge in [-0.3, -0.25) is 0 Å². The molecule has 1 nitrogen and oxygen atoms in total. The molecule has 0 aromatic carbocycles. The van der Waals surface area contributed by atoms with Gasteiger partial charge in [-0.2, -0.15) is 0 Å². The molecule has 0 aromatic heterocycles. The van der Waals surface area contributed by atoms with Crippen molar-refractivity contribution in [1.82, 2.24) is 0 Å². The van der Waals surface area contributed by atoms with Crippen LogP contribution >= 0.6 is 16.3 Å². The quantitative estimate of drug-likeness (QED) is 0.209. The summed E-state index contributed by atoms with van der Waals surface area (Å²) in [7, 11) is 0. The van der Waals surface area contributed by atoms with Crippen molar-refractivity contribution in [3.63, 3.8) is 0 Å². The smallest absolute Gasteiger partial charge is 0.0987 e. The number of halogens is 1. The molecule has 0 saturated carbocycles. The third-order valence-corrected chi connectivity index (χ3v) is 4.06. The van der Waals surface area contributed by atoms with Crippen LogP contribution < -0.4 is 0 Å². The molecule has 0 aliphatic heterocycles. The predicted octanol–water partition coefficient (Wildman–Crippen LogP) is 7.35. The van der Waals surface area contributed by atoms with E-state index in [0.717, 1.165) is 6.61 Å². The van der Waals surface area contributed by atoms with Crippen molar-refractivity contribution in [2.24, 2.45) is 0 Å². The Kier molecular flexibility index (Phi) is 19.4. The van der Waals surface area contributed by atoms with Gasteiger partial charge >= 0.3 is 0 Å². The van der Waals surface area contributed by atoms with Crippen LogP contribution in [0.3, 0.4) is 0 Å². The first kappa shape index (κ1) is 20.2. The van der Waals surface area contributed by atoms with Crippen molar-refractivity contribution in [2.45, 2.75) is 96.8 Å². The van der Waals surface area contributed by atoms with Gasteiger partial charge in [0.25, 0.3) is 0 Å². The molecule has 0 bridgehead atoms. The second-order valence-electron chi connectivity index (χ2n) is 5.75. The Hall–Kier alpha value is 0.180. The molecule has 0 unspecified atom stereocenters. The topological polar surface area (TPSA) is 9.23 Å². The maximum atomic E-state index is 4.86. The van der Waals surface area contributed by atoms with Gasteiger partial charge in [0, 0.05) is 0 Å². The minimum absolute atomic E-state index is 0.848. The number of hydrogen-bond donors (Lipinski definition) is 0. The molecular formula is C18H35BrO. The second-order valence-corrected chi connectivity index (χ2v) is 6.21. The van der Waals surface area contributed by atoms with Crippen LogP contribution in [0.2, 0.25) is 0 Å². The molecule has 0 aromatic rings. The summed E-state index contributed by atoms with van der Waals surface area (Å²) in [6.45, 7) is 3.13. The highest BCUT2D eigenvalue weighted by Gasteiger charge is 1.91. The van der Waals surface area contributed by atoms with Gasteiger partial charge in [0.05, 0.1) is 22.9 Å². The fourth-order valence-electron chi connectivity index (χ4n) is 2.40. The second kappa shape index (κ2) is 19.2. The highest BCUT2D eigenvalue weighted by atomic mass is 79.9. The molecule has 0 saturated heterocycles. The standard InChI is InChI=1S/C18H35BrO/c1-2-3-4-5-6-7-8-9-10-11-12-13-14-15-16-17-18-20-19/h9-10H,2-8,11-18H2,1H3. The van der Waals surface area contributed by atoms with Crippen molar-refractivity contribution >= 4 is 16.3 Å². The zero-order valence-electron chi connectivity index (χ0n) is 13.5. The van der Waals surface area contributed by atoms with E-state index in [2.05, 4.69) is 35.3 Å². The van der Waals surface area contributed by atoms with Gasteiger partial charge in [0.1, 0.15) is 0 Å². The number of rotatable bonds is 16. The summed E-state index contributed by atoms with van der Waals surface area (Å²) in [6.07, 6.45) is 23.8. The Balaban J connectivity index is 3.01. The summed E-state index contributed by atoms with van der Waals surface area (Å²) >= 11 is 2.99. The lowest BCUT2D eigenvalue weighted by Crippen LogP contribution is -1.84. The zero-order valence-corrected chi connectivity index (χ0v) is 15.1. The minimum atomic E-state index is 0.848. The monoisotopic (exact) mass is 346 g/mol. The van der Waals surface area contributed by atoms with E-state index in [4.69, 9.17) is 3.83 Å². The molecular weight excluding hydrogens is 312 g/mol. The lowest BCUT2D eigenvalue weighted by atomic mass is 10.1. The summed E-state index contributed by atoms with van der Waals surface area (Å²) in [5.41, 5.74) is 0. The molecule has 20 heavy (non-hydrogen) atoms. The SMILES string of the molecule is CCCCCCCCC=CCCCCCCCCOBr. The molecule has 0 spiro atoms. The van der Waals surface area contributed by atoms with E-state index in [1.807, 2.05) is 0 Å². The lowest BCUT2D eigenvalue weighted by Gasteiger charge is -2.00. The van der Waals surface area contributed by atoms with Gasteiger partial charge in [-0.25, -0.2) is 0 Å². The van der Waals surface area contributed by atoms with E-state index in [1.165, 1.54) is 89.9 Å². The first-order chi connectivity index (χ1) is 9.91. The normalized spacial score (nSPS) is 11.5. The summed E-state index contributed by atoms with van der Waals surface area (Å²) in [5.74, 6) is 0. The lowest BCUT2D eigenvalue weighted by molar-refractivity contribution is 0.374. The Bertz CT molecular complexity index is 192. The average Bonchev–Trinajstić information content (AvgIpc) is 2.47. The first-order valence-electron chi connectivity index (χ1n) is 8.80. The largest absolute Gasteiger partial charge is 0.308 e. The molecule has 0 atom stereocenters. The van der Waals surface area contributed by atoms with E-state index in [-0.39, 0.29) is 0 Å². The van der Waals surface area contributed by atoms with Gasteiger partial charge in [-0.15, -0.1) is 0 Å². The highest BCUT2D eigenvalue weighted by molar-refractivity contribution is 9.06. The van der Waals surface area contributed by atoms with Gasteiger partial charge < -0.3 is 3.83 Å². The summed E-state index contributed by atoms with van der Waals surface area (Å²) in [6, 6.07) is 0. The molecule has 0 fully saturated rings. The average molecular weight is 347 g/mol. The maximum Gasteiger partial charge on any atom is 0.0987 e. The molecule has 0 heterocycles. The van der Waals surface area contributed by atoms with Crippen LogP contribution in [0.4, 0.5) is 0 Å². The molecule has 0 aliphatic rings. The van der Waals surface area contributed by atoms with Crippen LogP contribution in [0.25, 0.3) is 0 Å². The van der Waals surface area contributed by atoms with Crippen molar-refractivity contribution in [3.05, 3.63) is 12.2 Å². The minimum Gasteiger partial charge on any atom is -0.308 e. The number of unbranched alkanes of at least 4 members (excludes halogenated alkanes) is 12. The van der Waals surface area contributed by atoms with E-state index < -0.39 is 0 Å². The fraction of sp³-hybridized carbons (Fsp3) is 0.889. The Morgan fingerprint density at radius 2 is 1.10 bits per heavy atom. The Morgan fingerprint density at radius 1 is 0.650 bits per heavy atom. The summed E-state index contributed by atoms with van der Waals surface area (Å²) in [5, 5.41) is 0. The van der Waals surface area contributed by atoms with Crippen molar-refractivity contribution in [3.8, 4) is 0 Å². The highest BCUT2D eigenvalue weighted by Crippen LogP contribution is 2.10. The molecule has 2 heteroatoms. The third-order valence-electron chi connectivity index (χ3n) is 3.73. The molecule has 0 N–H and O–H groups in total. The molecule has 0 aliphatic carbocycles. The van der Waals surface area contributed by atoms with Crippen molar-refractivity contribution in [1.29, 1.82) is 0 Å². The van der Waals surface area contributed by atoms with E-state index in [1.54, 1.807) is 0 Å². The van der Waals surface area contributed by atoms with Crippen LogP contribution in [-0.2, 0) is 3.83 Å². The van der Waals surface area contributed by atoms with Crippen LogP contribution in [-0.4, -0.2) is 6.61 Å². The van der Waals surface area contributed by atoms with Crippen LogP contribution in [0.1, 0.15) is 96.8 Å². The molecule has 120 valence electrons. The van der Waals surface area contributed by atoms with Gasteiger partial charge in [-0.1, -0.05) is 76.9 Å². The van der Waals surface area contributed by atoms with E-state index in [9.17, 15) is 0 Å². The molecule has 0 amide bonds. The third kappa shape index (κ3) is 18.2. The van der Waals surface area contributed by atoms with Crippen LogP contribution in [0, 0.1) is 0 Å². The fourth-order valence-corrected chi connectivity index (χ4v) is 2.63. The van der Waals surface area contributed by atoms with Gasteiger partial charge in [0.2, 0.25) is 0 Å². The maximum absolute atomic E-state index is 4.86. The molecule has 0 radical (unpaired) electrons. The van der Waals surface area contributed by atoms with Crippen molar-refractivity contribution in [2.75, 3.05) is 6.61 Å². The van der Waals surface area contributed by atoms with Gasteiger partial charge in [0.15, 0.2) is 0 Å². The Labute approximate surface area is 136 Å². The molecule has 0 rings (SSSR count). The van der Waals surface area contributed by atoms with E-state index in [0.29, 0.717) is 0 Å². The summed E-state index contributed by atoms with van der Waals surface area (Å²) < 4.78 is 4.86. The van der Waals surface area contributed by atoms with E-state index >= 15 is 0 Å². The first-order valence-corrected chi connectivity index (χ1v) is 9.45. The van der Waals surface area contributed by atoms with Crippen LogP contribution in [0.5, 0.6) is 0 Å².